The number of nitrogens with one attached hydrogen (secondary N) is 1. The molecule has 0 radical (unpaired) electrons. The summed E-state index contributed by atoms with van der Waals surface area (Å²) in [6.07, 6.45) is 0. The predicted octanol–water partition coefficient (Wildman–Crippen LogP) is 4.81. The third-order valence-electron chi connectivity index (χ3n) is 4.50. The van der Waals surface area contributed by atoms with Crippen LogP contribution in [0, 0.1) is 0 Å². The lowest BCUT2D eigenvalue weighted by Gasteiger charge is -2.11. The highest BCUT2D eigenvalue weighted by atomic mass is 35.5. The molecule has 4 aromatic rings. The van der Waals surface area contributed by atoms with E-state index in [1.54, 1.807) is 49.6 Å². The fourth-order valence-electron chi connectivity index (χ4n) is 2.95. The zero-order valence-corrected chi connectivity index (χ0v) is 17.6. The zero-order chi connectivity index (χ0) is 21.1. The second kappa shape index (κ2) is 8.22. The number of rotatable bonds is 6. The lowest BCUT2D eigenvalue weighted by molar-refractivity contribution is 0.415. The predicted molar refractivity (Wildman–Crippen MR) is 118 cm³/mol. The summed E-state index contributed by atoms with van der Waals surface area (Å²) < 4.78 is 30.9. The maximum atomic E-state index is 12.9. The lowest BCUT2D eigenvalue weighted by atomic mass is 10.1. The van der Waals surface area contributed by atoms with Gasteiger partial charge in [0.15, 0.2) is 0 Å². The normalized spacial score (nSPS) is 11.3. The topological polar surface area (TPSA) is 73.2 Å². The molecule has 0 aliphatic heterocycles. The Hall–Kier alpha value is -3.29. The number of hydrogen-bond donors (Lipinski definition) is 1. The van der Waals surface area contributed by atoms with Gasteiger partial charge in [0.2, 0.25) is 0 Å². The van der Waals surface area contributed by atoms with E-state index in [1.165, 1.54) is 16.9 Å². The molecule has 0 saturated carbocycles. The Bertz CT molecular complexity index is 1250. The van der Waals surface area contributed by atoms with E-state index in [-0.39, 0.29) is 4.90 Å². The first-order valence-electron chi connectivity index (χ1n) is 9.04. The monoisotopic (exact) mass is 439 g/mol. The second-order valence-electron chi connectivity index (χ2n) is 6.47. The highest BCUT2D eigenvalue weighted by molar-refractivity contribution is 7.92. The maximum Gasteiger partial charge on any atom is 0.276 e. The highest BCUT2D eigenvalue weighted by Crippen LogP contribution is 2.28. The van der Waals surface area contributed by atoms with Crippen LogP contribution < -0.4 is 9.57 Å². The van der Waals surface area contributed by atoms with Crippen molar-refractivity contribution < 1.29 is 13.2 Å². The molecule has 0 saturated heterocycles. The molecule has 6 nitrogen and oxygen atoms in total. The zero-order valence-electron chi connectivity index (χ0n) is 16.0. The molecule has 0 bridgehead atoms. The average Bonchev–Trinajstić information content (AvgIpc) is 3.18. The van der Waals surface area contributed by atoms with Gasteiger partial charge in [0, 0.05) is 16.1 Å². The van der Waals surface area contributed by atoms with Gasteiger partial charge in [-0.05, 0) is 54.6 Å². The minimum absolute atomic E-state index is 0.147. The third-order valence-corrected chi connectivity index (χ3v) is 6.05. The Labute approximate surface area is 179 Å². The molecule has 0 fully saturated rings. The summed E-state index contributed by atoms with van der Waals surface area (Å²) in [7, 11) is -2.24. The van der Waals surface area contributed by atoms with Gasteiger partial charge in [0.05, 0.1) is 23.4 Å². The summed E-state index contributed by atoms with van der Waals surface area (Å²) in [4.78, 5) is 3.97. The van der Waals surface area contributed by atoms with Crippen LogP contribution >= 0.6 is 11.6 Å². The van der Waals surface area contributed by atoms with Gasteiger partial charge in [-0.1, -0.05) is 41.9 Å². The summed E-state index contributed by atoms with van der Waals surface area (Å²) in [5.74, 6) is 0.701. The molecule has 0 atom stereocenters. The molecule has 1 N–H and O–H groups in total. The molecule has 4 rings (SSSR count). The molecule has 0 spiro atoms. The van der Waals surface area contributed by atoms with Crippen LogP contribution in [0.4, 0.5) is 0 Å². The first kappa shape index (κ1) is 20.0. The third kappa shape index (κ3) is 4.17. The molecule has 30 heavy (non-hydrogen) atoms. The van der Waals surface area contributed by atoms with Crippen LogP contribution in [0.1, 0.15) is 0 Å². The Balaban J connectivity index is 1.79. The summed E-state index contributed by atoms with van der Waals surface area (Å²) in [6.45, 7) is 0. The Morgan fingerprint density at radius 2 is 1.53 bits per heavy atom. The number of sulfonamides is 1. The van der Waals surface area contributed by atoms with Crippen molar-refractivity contribution in [3.05, 3.63) is 90.0 Å². The standard InChI is InChI=1S/C22H18ClN3O3S/c1-29-19-13-9-17(10-14-19)22-15-21(16-7-11-18(23)12-8-16)24-26(22)25-30(27,28)20-5-3-2-4-6-20/h2-15,25H,1H3. The minimum Gasteiger partial charge on any atom is -0.497 e. The number of halogens is 1. The maximum absolute atomic E-state index is 12.9. The fraction of sp³-hybridized carbons (Fsp3) is 0.0455. The quantitative estimate of drug-likeness (QED) is 0.467. The summed E-state index contributed by atoms with van der Waals surface area (Å²) in [6, 6.07) is 24.4. The van der Waals surface area contributed by atoms with Gasteiger partial charge in [-0.2, -0.15) is 23.1 Å². The number of aromatic nitrogens is 2. The molecule has 0 aliphatic carbocycles. The van der Waals surface area contributed by atoms with E-state index in [9.17, 15) is 8.42 Å². The number of nitrogens with zero attached hydrogens (tertiary/aromatic N) is 2. The Morgan fingerprint density at radius 3 is 2.17 bits per heavy atom. The molecular formula is C22H18ClN3O3S. The van der Waals surface area contributed by atoms with E-state index in [2.05, 4.69) is 9.93 Å². The fourth-order valence-corrected chi connectivity index (χ4v) is 4.06. The van der Waals surface area contributed by atoms with E-state index in [0.29, 0.717) is 22.2 Å². The summed E-state index contributed by atoms with van der Waals surface area (Å²) in [5.41, 5.74) is 2.78. The smallest absolute Gasteiger partial charge is 0.276 e. The van der Waals surface area contributed by atoms with Crippen LogP contribution in [-0.4, -0.2) is 25.4 Å². The summed E-state index contributed by atoms with van der Waals surface area (Å²) in [5, 5.41) is 5.10. The molecule has 8 heteroatoms. The van der Waals surface area contributed by atoms with E-state index in [4.69, 9.17) is 16.3 Å². The van der Waals surface area contributed by atoms with Crippen molar-refractivity contribution in [1.29, 1.82) is 0 Å². The first-order chi connectivity index (χ1) is 14.5. The van der Waals surface area contributed by atoms with Crippen LogP contribution in [-0.2, 0) is 10.0 Å². The van der Waals surface area contributed by atoms with E-state index in [0.717, 1.165) is 11.1 Å². The van der Waals surface area contributed by atoms with Gasteiger partial charge in [-0.15, -0.1) is 0 Å². The van der Waals surface area contributed by atoms with Crippen molar-refractivity contribution in [2.45, 2.75) is 4.90 Å². The lowest BCUT2D eigenvalue weighted by Crippen LogP contribution is -2.25. The van der Waals surface area contributed by atoms with Crippen LogP contribution in [0.5, 0.6) is 5.75 Å². The molecule has 3 aromatic carbocycles. The molecular weight excluding hydrogens is 422 g/mol. The molecule has 1 heterocycles. The number of benzene rings is 3. The largest absolute Gasteiger partial charge is 0.497 e. The van der Waals surface area contributed by atoms with Gasteiger partial charge < -0.3 is 4.74 Å². The summed E-state index contributed by atoms with van der Waals surface area (Å²) >= 11 is 5.99. The van der Waals surface area contributed by atoms with Crippen LogP contribution in [0.3, 0.4) is 0 Å². The van der Waals surface area contributed by atoms with E-state index < -0.39 is 10.0 Å². The van der Waals surface area contributed by atoms with Crippen molar-refractivity contribution in [3.63, 3.8) is 0 Å². The number of hydrogen-bond acceptors (Lipinski definition) is 4. The number of methoxy groups -OCH3 is 1. The highest BCUT2D eigenvalue weighted by Gasteiger charge is 2.19. The minimum atomic E-state index is -3.83. The van der Waals surface area contributed by atoms with Crippen molar-refractivity contribution in [3.8, 4) is 28.3 Å². The SMILES string of the molecule is COc1ccc(-c2cc(-c3ccc(Cl)cc3)nn2NS(=O)(=O)c2ccccc2)cc1. The molecule has 0 amide bonds. The Morgan fingerprint density at radius 1 is 0.900 bits per heavy atom. The van der Waals surface area contributed by atoms with Crippen LogP contribution in [0.25, 0.3) is 22.5 Å². The first-order valence-corrected chi connectivity index (χ1v) is 10.9. The second-order valence-corrected chi connectivity index (χ2v) is 8.57. The van der Waals surface area contributed by atoms with E-state index >= 15 is 0 Å². The molecule has 0 unspecified atom stereocenters. The van der Waals surface area contributed by atoms with Gasteiger partial charge in [-0.25, -0.2) is 0 Å². The van der Waals surface area contributed by atoms with Crippen molar-refractivity contribution >= 4 is 21.6 Å². The molecule has 152 valence electrons. The molecule has 1 aromatic heterocycles. The van der Waals surface area contributed by atoms with Gasteiger partial charge >= 0.3 is 0 Å². The van der Waals surface area contributed by atoms with E-state index in [1.807, 2.05) is 30.3 Å². The van der Waals surface area contributed by atoms with Crippen molar-refractivity contribution in [2.75, 3.05) is 11.9 Å². The van der Waals surface area contributed by atoms with Gasteiger partial charge in [-0.3, -0.25) is 0 Å². The van der Waals surface area contributed by atoms with Crippen LogP contribution in [0.2, 0.25) is 5.02 Å². The average molecular weight is 440 g/mol. The number of ether oxygens (including phenoxy) is 1. The van der Waals surface area contributed by atoms with Crippen molar-refractivity contribution in [1.82, 2.24) is 9.89 Å². The van der Waals surface area contributed by atoms with Crippen molar-refractivity contribution in [2.24, 2.45) is 0 Å². The van der Waals surface area contributed by atoms with Crippen LogP contribution in [0.15, 0.2) is 89.8 Å². The molecule has 0 aliphatic rings. The van der Waals surface area contributed by atoms with Gasteiger partial charge in [0.25, 0.3) is 10.0 Å². The van der Waals surface area contributed by atoms with Gasteiger partial charge in [0.1, 0.15) is 5.75 Å². The Kier molecular flexibility index (Phi) is 5.48.